The number of carbonyl (C=O) groups is 3. The molecule has 2 aliphatic heterocycles. The largest absolute Gasteiger partial charge is 0.468 e. The molecule has 0 aromatic heterocycles. The number of ether oxygens (including phenoxy) is 2. The van der Waals surface area contributed by atoms with Gasteiger partial charge in [-0.2, -0.15) is 0 Å². The molecule has 0 spiro atoms. The van der Waals surface area contributed by atoms with Crippen molar-refractivity contribution in [1.82, 2.24) is 9.80 Å². The Morgan fingerprint density at radius 1 is 1.12 bits per heavy atom. The molecule has 7 heteroatoms. The van der Waals surface area contributed by atoms with E-state index in [-0.39, 0.29) is 30.4 Å². The van der Waals surface area contributed by atoms with Crippen LogP contribution in [0.5, 0.6) is 0 Å². The van der Waals surface area contributed by atoms with Gasteiger partial charge in [0.05, 0.1) is 7.11 Å². The maximum absolute atomic E-state index is 12.5. The lowest BCUT2D eigenvalue weighted by molar-refractivity contribution is -0.152. The Labute approximate surface area is 143 Å². The van der Waals surface area contributed by atoms with Gasteiger partial charge in [-0.25, -0.2) is 9.59 Å². The van der Waals surface area contributed by atoms with Crippen LogP contribution in [0.2, 0.25) is 0 Å². The smallest absolute Gasteiger partial charge is 0.410 e. The number of fused-ring (bicyclic) bond motifs is 2. The molecule has 2 aliphatic rings. The molecule has 136 valence electrons. The van der Waals surface area contributed by atoms with E-state index in [9.17, 15) is 14.4 Å². The summed E-state index contributed by atoms with van der Waals surface area (Å²) in [7, 11) is 1.30. The Bertz CT molecular complexity index is 484. The minimum absolute atomic E-state index is 0.0320. The summed E-state index contributed by atoms with van der Waals surface area (Å²) in [6, 6.07) is -0.935. The monoisotopic (exact) mass is 340 g/mol. The number of rotatable bonds is 4. The Balaban J connectivity index is 2.12. The summed E-state index contributed by atoms with van der Waals surface area (Å²) in [6.07, 6.45) is 1.68. The molecule has 0 aromatic carbocycles. The number of amides is 1. The molecule has 2 rings (SSSR count). The van der Waals surface area contributed by atoms with Gasteiger partial charge in [0.2, 0.25) is 0 Å². The fourth-order valence-corrected chi connectivity index (χ4v) is 3.55. The van der Waals surface area contributed by atoms with Crippen LogP contribution in [0.1, 0.15) is 47.0 Å². The van der Waals surface area contributed by atoms with E-state index in [0.717, 1.165) is 12.8 Å². The van der Waals surface area contributed by atoms with Crippen LogP contribution in [-0.4, -0.2) is 71.6 Å². The number of hydrogen-bond donors (Lipinski definition) is 0. The van der Waals surface area contributed by atoms with Gasteiger partial charge in [-0.1, -0.05) is 6.92 Å². The van der Waals surface area contributed by atoms with Gasteiger partial charge < -0.3 is 9.47 Å². The van der Waals surface area contributed by atoms with Crippen molar-refractivity contribution in [3.63, 3.8) is 0 Å². The molecule has 0 aliphatic carbocycles. The highest BCUT2D eigenvalue weighted by Crippen LogP contribution is 2.32. The Morgan fingerprint density at radius 3 is 2.08 bits per heavy atom. The molecule has 2 heterocycles. The number of likely N-dealkylation sites (tertiary alicyclic amines) is 1. The molecule has 2 saturated heterocycles. The zero-order valence-corrected chi connectivity index (χ0v) is 15.2. The van der Waals surface area contributed by atoms with Gasteiger partial charge in [-0.05, 0) is 33.6 Å². The molecular formula is C17H28N2O5. The molecule has 0 radical (unpaired) electrons. The van der Waals surface area contributed by atoms with Gasteiger partial charge in [0, 0.05) is 31.6 Å². The van der Waals surface area contributed by atoms with E-state index in [1.165, 1.54) is 7.11 Å². The molecule has 0 N–H and O–H groups in total. The highest BCUT2D eigenvalue weighted by atomic mass is 16.6. The molecule has 0 aromatic rings. The topological polar surface area (TPSA) is 76.2 Å². The molecule has 2 bridgehead atoms. The van der Waals surface area contributed by atoms with E-state index in [1.54, 1.807) is 11.8 Å². The van der Waals surface area contributed by atoms with Crippen molar-refractivity contribution in [3.8, 4) is 0 Å². The minimum Gasteiger partial charge on any atom is -0.468 e. The van der Waals surface area contributed by atoms with Crippen LogP contribution >= 0.6 is 0 Å². The predicted octanol–water partition coefficient (Wildman–Crippen LogP) is 1.59. The first kappa shape index (κ1) is 18.7. The molecule has 0 saturated carbocycles. The molecule has 1 amide bonds. The van der Waals surface area contributed by atoms with E-state index >= 15 is 0 Å². The maximum Gasteiger partial charge on any atom is 0.410 e. The number of methoxy groups -OCH3 is 1. The first-order chi connectivity index (χ1) is 11.2. The SMILES string of the molecule is CCC(=O)C(C(=O)OC)N1CC2CCC(C1)N2C(=O)OC(C)(C)C. The molecule has 3 atom stereocenters. The summed E-state index contributed by atoms with van der Waals surface area (Å²) in [6.45, 7) is 8.25. The molecular weight excluding hydrogens is 312 g/mol. The van der Waals surface area contributed by atoms with Gasteiger partial charge in [-0.3, -0.25) is 14.6 Å². The normalized spacial score (nSPS) is 25.3. The van der Waals surface area contributed by atoms with E-state index in [1.807, 2.05) is 25.7 Å². The zero-order chi connectivity index (χ0) is 18.1. The predicted molar refractivity (Wildman–Crippen MR) is 87.6 cm³/mol. The Hall–Kier alpha value is -1.63. The number of esters is 1. The molecule has 24 heavy (non-hydrogen) atoms. The summed E-state index contributed by atoms with van der Waals surface area (Å²) in [4.78, 5) is 40.4. The minimum atomic E-state index is -0.871. The van der Waals surface area contributed by atoms with Crippen LogP contribution in [0.15, 0.2) is 0 Å². The lowest BCUT2D eigenvalue weighted by Crippen LogP contribution is -2.61. The third kappa shape index (κ3) is 3.88. The maximum atomic E-state index is 12.5. The molecule has 3 unspecified atom stereocenters. The van der Waals surface area contributed by atoms with E-state index in [2.05, 4.69) is 0 Å². The summed E-state index contributed by atoms with van der Waals surface area (Å²) in [5.41, 5.74) is -0.541. The number of Topliss-reactive ketones (excluding diaryl/α,β-unsaturated/α-hetero) is 1. The van der Waals surface area contributed by atoms with Gasteiger partial charge in [0.15, 0.2) is 11.8 Å². The number of piperazine rings is 1. The Kier molecular flexibility index (Phi) is 5.52. The van der Waals surface area contributed by atoms with Crippen LogP contribution in [0.4, 0.5) is 4.79 Å². The van der Waals surface area contributed by atoms with E-state index < -0.39 is 17.6 Å². The molecule has 7 nitrogen and oxygen atoms in total. The fraction of sp³-hybridized carbons (Fsp3) is 0.824. The summed E-state index contributed by atoms with van der Waals surface area (Å²) in [5.74, 6) is -0.668. The first-order valence-corrected chi connectivity index (χ1v) is 8.53. The van der Waals surface area contributed by atoms with E-state index in [0.29, 0.717) is 13.1 Å². The van der Waals surface area contributed by atoms with Crippen molar-refractivity contribution in [3.05, 3.63) is 0 Å². The summed E-state index contributed by atoms with van der Waals surface area (Å²) in [5, 5.41) is 0. The van der Waals surface area contributed by atoms with Gasteiger partial charge in [0.25, 0.3) is 0 Å². The Morgan fingerprint density at radius 2 is 1.67 bits per heavy atom. The van der Waals surface area contributed by atoms with Crippen molar-refractivity contribution < 1.29 is 23.9 Å². The third-order valence-corrected chi connectivity index (χ3v) is 4.56. The standard InChI is InChI=1S/C17H28N2O5/c1-6-13(20)14(15(21)23-5)18-9-11-7-8-12(10-18)19(11)16(22)24-17(2,3)4/h11-12,14H,6-10H2,1-5H3. The van der Waals surface area contributed by atoms with Crippen molar-refractivity contribution >= 4 is 17.8 Å². The van der Waals surface area contributed by atoms with Gasteiger partial charge >= 0.3 is 12.1 Å². The number of nitrogens with zero attached hydrogens (tertiary/aromatic N) is 2. The van der Waals surface area contributed by atoms with Gasteiger partial charge in [0.1, 0.15) is 5.60 Å². The number of ketones is 1. The van der Waals surface area contributed by atoms with Crippen LogP contribution in [0.25, 0.3) is 0 Å². The molecule has 2 fully saturated rings. The van der Waals surface area contributed by atoms with E-state index in [4.69, 9.17) is 9.47 Å². The second-order valence-corrected chi connectivity index (χ2v) is 7.47. The number of carbonyl (C=O) groups excluding carboxylic acids is 3. The quantitative estimate of drug-likeness (QED) is 0.571. The van der Waals surface area contributed by atoms with Crippen molar-refractivity contribution in [2.75, 3.05) is 20.2 Å². The van der Waals surface area contributed by atoms with Crippen molar-refractivity contribution in [1.29, 1.82) is 0 Å². The van der Waals surface area contributed by atoms with Crippen LogP contribution in [-0.2, 0) is 19.1 Å². The lowest BCUT2D eigenvalue weighted by Gasteiger charge is -2.43. The number of hydrogen-bond acceptors (Lipinski definition) is 6. The van der Waals surface area contributed by atoms with Crippen LogP contribution in [0, 0.1) is 0 Å². The van der Waals surface area contributed by atoms with Crippen LogP contribution < -0.4 is 0 Å². The second-order valence-electron chi connectivity index (χ2n) is 7.47. The van der Waals surface area contributed by atoms with Crippen molar-refractivity contribution in [2.24, 2.45) is 0 Å². The zero-order valence-electron chi connectivity index (χ0n) is 15.2. The lowest BCUT2D eigenvalue weighted by atomic mass is 10.1. The third-order valence-electron chi connectivity index (χ3n) is 4.56. The average Bonchev–Trinajstić information content (AvgIpc) is 2.76. The first-order valence-electron chi connectivity index (χ1n) is 8.53. The van der Waals surface area contributed by atoms with Crippen molar-refractivity contribution in [2.45, 2.75) is 70.7 Å². The second kappa shape index (κ2) is 7.09. The highest BCUT2D eigenvalue weighted by molar-refractivity contribution is 6.03. The van der Waals surface area contributed by atoms with Crippen LogP contribution in [0.3, 0.4) is 0 Å². The fourth-order valence-electron chi connectivity index (χ4n) is 3.55. The summed E-state index contributed by atoms with van der Waals surface area (Å²) < 4.78 is 10.3. The van der Waals surface area contributed by atoms with Gasteiger partial charge in [-0.15, -0.1) is 0 Å². The summed E-state index contributed by atoms with van der Waals surface area (Å²) >= 11 is 0. The average molecular weight is 340 g/mol. The highest BCUT2D eigenvalue weighted by Gasteiger charge is 2.47.